The van der Waals surface area contributed by atoms with E-state index in [0.29, 0.717) is 24.5 Å². The lowest BCUT2D eigenvalue weighted by atomic mass is 9.98. The number of sulfonamides is 1. The van der Waals surface area contributed by atoms with E-state index >= 15 is 0 Å². The van der Waals surface area contributed by atoms with Crippen molar-refractivity contribution >= 4 is 39.1 Å². The zero-order chi connectivity index (χ0) is 28.7. The highest BCUT2D eigenvalue weighted by molar-refractivity contribution is 7.89. The lowest BCUT2D eigenvalue weighted by molar-refractivity contribution is -0.122. The van der Waals surface area contributed by atoms with Crippen LogP contribution in [0.25, 0.3) is 0 Å². The molecule has 0 aromatic heterocycles. The van der Waals surface area contributed by atoms with Crippen LogP contribution in [0.4, 0.5) is 0 Å². The first kappa shape index (κ1) is 30.3. The smallest absolute Gasteiger partial charge is 0.242 e. The van der Waals surface area contributed by atoms with Crippen LogP contribution in [0.2, 0.25) is 10.0 Å². The van der Waals surface area contributed by atoms with E-state index in [9.17, 15) is 13.2 Å². The third-order valence-corrected chi connectivity index (χ3v) is 8.94. The highest BCUT2D eigenvalue weighted by Crippen LogP contribution is 2.33. The van der Waals surface area contributed by atoms with Crippen LogP contribution in [0.1, 0.15) is 61.9 Å². The van der Waals surface area contributed by atoms with Crippen molar-refractivity contribution in [1.82, 2.24) is 15.4 Å². The number of rotatable bonds is 12. The molecule has 4 rings (SSSR count). The number of halogens is 2. The van der Waals surface area contributed by atoms with Crippen molar-refractivity contribution in [3.8, 4) is 5.75 Å². The summed E-state index contributed by atoms with van der Waals surface area (Å²) in [7, 11) is -4.08. The predicted octanol–water partition coefficient (Wildman–Crippen LogP) is 6.18. The lowest BCUT2D eigenvalue weighted by Crippen LogP contribution is -2.36. The highest BCUT2D eigenvalue weighted by Gasteiger charge is 2.28. The number of carbonyl (C=O) groups excluding carboxylic acids is 1. The topological polar surface area (TPSA) is 96.5 Å². The van der Waals surface area contributed by atoms with Gasteiger partial charge in [-0.1, -0.05) is 79.5 Å². The Morgan fingerprint density at radius 1 is 1.05 bits per heavy atom. The van der Waals surface area contributed by atoms with Crippen molar-refractivity contribution in [1.29, 1.82) is 0 Å². The van der Waals surface area contributed by atoms with Gasteiger partial charge in [0.05, 0.1) is 23.7 Å². The van der Waals surface area contributed by atoms with Gasteiger partial charge < -0.3 is 15.4 Å². The van der Waals surface area contributed by atoms with E-state index in [-0.39, 0.29) is 33.3 Å². The Balaban J connectivity index is 1.47. The quantitative estimate of drug-likeness (QED) is 0.215. The summed E-state index contributed by atoms with van der Waals surface area (Å²) in [6.45, 7) is 6.58. The summed E-state index contributed by atoms with van der Waals surface area (Å²) >= 11 is 12.2. The molecule has 40 heavy (non-hydrogen) atoms. The highest BCUT2D eigenvalue weighted by atomic mass is 35.5. The minimum Gasteiger partial charge on any atom is -0.493 e. The number of carbonyl (C=O) groups is 1. The Labute approximate surface area is 246 Å². The number of hydrogen-bond donors (Lipinski definition) is 3. The van der Waals surface area contributed by atoms with Gasteiger partial charge in [0.2, 0.25) is 15.9 Å². The zero-order valence-electron chi connectivity index (χ0n) is 22.6. The fourth-order valence-electron chi connectivity index (χ4n) is 4.60. The Morgan fingerprint density at radius 2 is 1.82 bits per heavy atom. The summed E-state index contributed by atoms with van der Waals surface area (Å²) in [5.41, 5.74) is 2.68. The average Bonchev–Trinajstić information content (AvgIpc) is 2.92. The predicted molar refractivity (Wildman–Crippen MR) is 159 cm³/mol. The van der Waals surface area contributed by atoms with Crippen molar-refractivity contribution in [3.63, 3.8) is 0 Å². The van der Waals surface area contributed by atoms with Gasteiger partial charge >= 0.3 is 0 Å². The van der Waals surface area contributed by atoms with Gasteiger partial charge in [-0.15, -0.1) is 0 Å². The molecule has 1 heterocycles. The molecule has 3 N–H and O–H groups in total. The number of ether oxygens (including phenoxy) is 1. The monoisotopic (exact) mass is 603 g/mol. The third kappa shape index (κ3) is 8.21. The minimum absolute atomic E-state index is 0.0430. The van der Waals surface area contributed by atoms with Gasteiger partial charge in [-0.3, -0.25) is 4.79 Å². The first-order chi connectivity index (χ1) is 19.1. The molecule has 0 bridgehead atoms. The van der Waals surface area contributed by atoms with E-state index in [4.69, 9.17) is 27.9 Å². The van der Waals surface area contributed by atoms with Crippen molar-refractivity contribution in [2.24, 2.45) is 5.92 Å². The normalized spacial score (nSPS) is 15.8. The standard InChI is InChI=1S/C30H35Cl2N3O4S/c1-20(2)12-14-33-19-21-8-10-24-26(13-15-39-28(24)16-21)34-30(36)18-27(22-6-4-3-5-7-22)35-40(37,38)29-17-23(31)9-11-25(29)32/h3-11,16-17,20,26-27,33,35H,12-15,18-19H2,1-2H3,(H,34,36). The summed E-state index contributed by atoms with van der Waals surface area (Å²) in [6.07, 6.45) is 1.62. The summed E-state index contributed by atoms with van der Waals surface area (Å²) in [5, 5.41) is 6.83. The molecule has 7 nitrogen and oxygen atoms in total. The van der Waals surface area contributed by atoms with Crippen molar-refractivity contribution in [3.05, 3.63) is 93.5 Å². The zero-order valence-corrected chi connectivity index (χ0v) is 25.0. The Kier molecular flexibility index (Phi) is 10.5. The molecular weight excluding hydrogens is 569 g/mol. The van der Waals surface area contributed by atoms with Crippen LogP contribution >= 0.6 is 23.2 Å². The molecule has 2 atom stereocenters. The largest absolute Gasteiger partial charge is 0.493 e. The fraction of sp³-hybridized carbons (Fsp3) is 0.367. The number of hydrogen-bond acceptors (Lipinski definition) is 5. The molecule has 1 amide bonds. The maximum atomic E-state index is 13.3. The van der Waals surface area contributed by atoms with E-state index in [2.05, 4.69) is 29.2 Å². The number of amides is 1. The molecule has 1 aliphatic rings. The van der Waals surface area contributed by atoms with Crippen LogP contribution in [0.3, 0.4) is 0 Å². The van der Waals surface area contributed by atoms with Gasteiger partial charge in [0, 0.05) is 30.0 Å². The van der Waals surface area contributed by atoms with Crippen LogP contribution in [-0.2, 0) is 21.4 Å². The molecule has 3 aromatic rings. The number of nitrogens with one attached hydrogen (secondary N) is 3. The molecule has 0 saturated heterocycles. The Morgan fingerprint density at radius 3 is 2.58 bits per heavy atom. The Bertz CT molecular complexity index is 1420. The molecule has 0 aliphatic carbocycles. The van der Waals surface area contributed by atoms with E-state index in [1.165, 1.54) is 18.2 Å². The second kappa shape index (κ2) is 13.8. The summed E-state index contributed by atoms with van der Waals surface area (Å²) < 4.78 is 35.1. The summed E-state index contributed by atoms with van der Waals surface area (Å²) in [6, 6.07) is 18.2. The maximum absolute atomic E-state index is 13.3. The van der Waals surface area contributed by atoms with Gasteiger partial charge in [-0.2, -0.15) is 0 Å². The molecule has 214 valence electrons. The van der Waals surface area contributed by atoms with Crippen LogP contribution in [0.5, 0.6) is 5.75 Å². The summed E-state index contributed by atoms with van der Waals surface area (Å²) in [5.74, 6) is 1.12. The van der Waals surface area contributed by atoms with Crippen LogP contribution in [-0.4, -0.2) is 27.5 Å². The van der Waals surface area contributed by atoms with Crippen molar-refractivity contribution in [2.45, 2.75) is 56.6 Å². The molecule has 3 aromatic carbocycles. The van der Waals surface area contributed by atoms with E-state index in [0.717, 1.165) is 36.4 Å². The van der Waals surface area contributed by atoms with E-state index < -0.39 is 16.1 Å². The second-order valence-electron chi connectivity index (χ2n) is 10.4. The number of benzene rings is 3. The molecule has 2 unspecified atom stereocenters. The third-order valence-electron chi connectivity index (χ3n) is 6.75. The van der Waals surface area contributed by atoms with Gasteiger partial charge in [0.15, 0.2) is 0 Å². The minimum atomic E-state index is -4.08. The van der Waals surface area contributed by atoms with Crippen LogP contribution < -0.4 is 20.1 Å². The molecule has 0 saturated carbocycles. The van der Waals surface area contributed by atoms with Crippen molar-refractivity contribution in [2.75, 3.05) is 13.2 Å². The maximum Gasteiger partial charge on any atom is 0.242 e. The van der Waals surface area contributed by atoms with Crippen molar-refractivity contribution < 1.29 is 17.9 Å². The average molecular weight is 605 g/mol. The first-order valence-corrected chi connectivity index (χ1v) is 15.6. The van der Waals surface area contributed by atoms with Gasteiger partial charge in [0.1, 0.15) is 10.6 Å². The van der Waals surface area contributed by atoms with Crippen LogP contribution in [0, 0.1) is 5.92 Å². The molecular formula is C30H35Cl2N3O4S. The van der Waals surface area contributed by atoms with E-state index in [1.54, 1.807) is 24.3 Å². The summed E-state index contributed by atoms with van der Waals surface area (Å²) in [4.78, 5) is 13.2. The second-order valence-corrected chi connectivity index (χ2v) is 12.9. The molecule has 1 aliphatic heterocycles. The lowest BCUT2D eigenvalue weighted by Gasteiger charge is -2.28. The van der Waals surface area contributed by atoms with Crippen LogP contribution in [0.15, 0.2) is 71.6 Å². The fourth-order valence-corrected chi connectivity index (χ4v) is 6.59. The first-order valence-electron chi connectivity index (χ1n) is 13.4. The van der Waals surface area contributed by atoms with Gasteiger partial charge in [-0.05, 0) is 54.3 Å². The van der Waals surface area contributed by atoms with Gasteiger partial charge in [-0.25, -0.2) is 13.1 Å². The van der Waals surface area contributed by atoms with Gasteiger partial charge in [0.25, 0.3) is 0 Å². The van der Waals surface area contributed by atoms with E-state index in [1.807, 2.05) is 24.3 Å². The number of fused-ring (bicyclic) bond motifs is 1. The molecule has 0 radical (unpaired) electrons. The molecule has 10 heteroatoms. The Hall–Kier alpha value is -2.62. The molecule has 0 spiro atoms. The SMILES string of the molecule is CC(C)CCNCc1ccc2c(c1)OCCC2NC(=O)CC(NS(=O)(=O)c1cc(Cl)ccc1Cl)c1ccccc1. The molecule has 0 fully saturated rings.